The van der Waals surface area contributed by atoms with Crippen molar-refractivity contribution in [2.45, 2.75) is 32.7 Å². The number of benzene rings is 1. The molecule has 1 aromatic rings. The minimum absolute atomic E-state index is 0.0549. The second-order valence-electron chi connectivity index (χ2n) is 6.32. The molecule has 1 saturated heterocycles. The fourth-order valence-corrected chi connectivity index (χ4v) is 3.44. The largest absolute Gasteiger partial charge is 0.481 e. The maximum Gasteiger partial charge on any atom is 0.308 e. The van der Waals surface area contributed by atoms with Crippen molar-refractivity contribution in [2.24, 2.45) is 5.92 Å². The summed E-state index contributed by atoms with van der Waals surface area (Å²) in [6, 6.07) is 4.74. The van der Waals surface area contributed by atoms with Gasteiger partial charge >= 0.3 is 5.97 Å². The smallest absolute Gasteiger partial charge is 0.308 e. The van der Waals surface area contributed by atoms with Crippen LogP contribution in [0.2, 0.25) is 0 Å². The lowest BCUT2D eigenvalue weighted by molar-refractivity contribution is -0.143. The molecular weight excluding hydrogens is 332 g/mol. The summed E-state index contributed by atoms with van der Waals surface area (Å²) in [6.45, 7) is 3.80. The van der Waals surface area contributed by atoms with Gasteiger partial charge in [-0.2, -0.15) is 0 Å². The Kier molecular flexibility index (Phi) is 5.17. The summed E-state index contributed by atoms with van der Waals surface area (Å²) in [5.41, 5.74) is 1.39. The van der Waals surface area contributed by atoms with Crippen molar-refractivity contribution >= 4 is 27.6 Å². The number of anilines is 1. The second kappa shape index (κ2) is 6.80. The first kappa shape index (κ1) is 18.3. The van der Waals surface area contributed by atoms with Crippen LogP contribution < -0.4 is 4.72 Å². The number of rotatable bonds is 4. The maximum atomic E-state index is 12.8. The van der Waals surface area contributed by atoms with Crippen molar-refractivity contribution in [3.63, 3.8) is 0 Å². The fraction of sp³-hybridized carbons (Fsp3) is 0.500. The number of piperidine rings is 1. The summed E-state index contributed by atoms with van der Waals surface area (Å²) in [5.74, 6) is -1.75. The van der Waals surface area contributed by atoms with Crippen LogP contribution >= 0.6 is 0 Å². The van der Waals surface area contributed by atoms with Crippen molar-refractivity contribution in [1.29, 1.82) is 0 Å². The van der Waals surface area contributed by atoms with E-state index < -0.39 is 21.9 Å². The van der Waals surface area contributed by atoms with E-state index in [1.54, 1.807) is 24.0 Å². The highest BCUT2D eigenvalue weighted by Gasteiger charge is 2.33. The fourth-order valence-electron chi connectivity index (χ4n) is 2.82. The average Bonchev–Trinajstić information content (AvgIpc) is 2.47. The Bertz CT molecular complexity index is 760. The molecule has 1 aromatic carbocycles. The molecule has 2 rings (SSSR count). The number of carboxylic acids is 1. The van der Waals surface area contributed by atoms with E-state index in [1.165, 1.54) is 6.07 Å². The van der Waals surface area contributed by atoms with Crippen LogP contribution in [0.15, 0.2) is 18.2 Å². The Morgan fingerprint density at radius 3 is 2.54 bits per heavy atom. The standard InChI is InChI=1S/C16H22N2O5S/c1-10-4-6-12(8-14(10)17-24(3,22)23)15(19)18-9-13(16(20)21)7-5-11(18)2/h4,6,8,11,13,17H,5,7,9H2,1-3H3,(H,20,21). The second-order valence-corrected chi connectivity index (χ2v) is 8.07. The predicted molar refractivity (Wildman–Crippen MR) is 90.5 cm³/mol. The van der Waals surface area contributed by atoms with Crippen molar-refractivity contribution in [3.05, 3.63) is 29.3 Å². The molecule has 0 aliphatic carbocycles. The minimum Gasteiger partial charge on any atom is -0.481 e. The van der Waals surface area contributed by atoms with Crippen LogP contribution in [-0.4, -0.2) is 49.1 Å². The average molecular weight is 354 g/mol. The highest BCUT2D eigenvalue weighted by Crippen LogP contribution is 2.25. The molecule has 1 aliphatic rings. The Hall–Kier alpha value is -2.09. The lowest BCUT2D eigenvalue weighted by atomic mass is 9.93. The van der Waals surface area contributed by atoms with Gasteiger partial charge in [0.25, 0.3) is 5.91 Å². The van der Waals surface area contributed by atoms with Gasteiger partial charge in [0.15, 0.2) is 0 Å². The van der Waals surface area contributed by atoms with E-state index in [1.807, 2.05) is 6.92 Å². The number of carboxylic acid groups (broad SMARTS) is 1. The number of hydrogen-bond donors (Lipinski definition) is 2. The molecule has 1 amide bonds. The summed E-state index contributed by atoms with van der Waals surface area (Å²) in [5, 5.41) is 9.19. The van der Waals surface area contributed by atoms with E-state index in [9.17, 15) is 23.1 Å². The van der Waals surface area contributed by atoms with Gasteiger partial charge < -0.3 is 10.0 Å². The Labute approximate surface area is 141 Å². The van der Waals surface area contributed by atoms with Gasteiger partial charge in [0.2, 0.25) is 10.0 Å². The quantitative estimate of drug-likeness (QED) is 0.856. The zero-order valence-electron chi connectivity index (χ0n) is 13.9. The Morgan fingerprint density at radius 1 is 1.29 bits per heavy atom. The first-order chi connectivity index (χ1) is 11.1. The third-order valence-electron chi connectivity index (χ3n) is 4.27. The highest BCUT2D eigenvalue weighted by atomic mass is 32.2. The number of hydrogen-bond acceptors (Lipinski definition) is 4. The summed E-state index contributed by atoms with van der Waals surface area (Å²) < 4.78 is 25.3. The number of amides is 1. The van der Waals surface area contributed by atoms with E-state index in [0.717, 1.165) is 6.26 Å². The molecule has 24 heavy (non-hydrogen) atoms. The van der Waals surface area contributed by atoms with Gasteiger partial charge in [0.1, 0.15) is 0 Å². The zero-order valence-corrected chi connectivity index (χ0v) is 14.8. The van der Waals surface area contributed by atoms with Crippen molar-refractivity contribution in [2.75, 3.05) is 17.5 Å². The van der Waals surface area contributed by atoms with Crippen molar-refractivity contribution in [3.8, 4) is 0 Å². The molecule has 7 nitrogen and oxygen atoms in total. The summed E-state index contributed by atoms with van der Waals surface area (Å²) >= 11 is 0. The zero-order chi connectivity index (χ0) is 18.1. The Balaban J connectivity index is 2.28. The van der Waals surface area contributed by atoms with Crippen LogP contribution in [0.25, 0.3) is 0 Å². The highest BCUT2D eigenvalue weighted by molar-refractivity contribution is 7.92. The molecule has 1 fully saturated rings. The maximum absolute atomic E-state index is 12.8. The van der Waals surface area contributed by atoms with Gasteiger partial charge in [0.05, 0.1) is 17.9 Å². The molecule has 1 aliphatic heterocycles. The first-order valence-corrected chi connectivity index (χ1v) is 9.60. The lowest BCUT2D eigenvalue weighted by Gasteiger charge is -2.36. The SMILES string of the molecule is Cc1ccc(C(=O)N2CC(C(=O)O)CCC2C)cc1NS(C)(=O)=O. The molecule has 0 aromatic heterocycles. The van der Waals surface area contributed by atoms with E-state index in [-0.39, 0.29) is 18.5 Å². The van der Waals surface area contributed by atoms with Gasteiger partial charge in [0, 0.05) is 18.2 Å². The van der Waals surface area contributed by atoms with E-state index >= 15 is 0 Å². The third-order valence-corrected chi connectivity index (χ3v) is 4.86. The number of aliphatic carboxylic acids is 1. The number of nitrogens with one attached hydrogen (secondary N) is 1. The van der Waals surface area contributed by atoms with E-state index in [4.69, 9.17) is 0 Å². The van der Waals surface area contributed by atoms with Crippen LogP contribution in [0.3, 0.4) is 0 Å². The van der Waals surface area contributed by atoms with Crippen LogP contribution in [0.1, 0.15) is 35.7 Å². The molecule has 2 atom stereocenters. The number of carbonyl (C=O) groups is 2. The van der Waals surface area contributed by atoms with E-state index in [2.05, 4.69) is 4.72 Å². The molecule has 1 heterocycles. The summed E-state index contributed by atoms with van der Waals surface area (Å²) in [7, 11) is -3.45. The van der Waals surface area contributed by atoms with Gasteiger partial charge in [-0.3, -0.25) is 14.3 Å². The molecule has 0 bridgehead atoms. The summed E-state index contributed by atoms with van der Waals surface area (Å²) in [4.78, 5) is 25.5. The molecule has 0 spiro atoms. The van der Waals surface area contributed by atoms with Crippen molar-refractivity contribution < 1.29 is 23.1 Å². The van der Waals surface area contributed by atoms with Gasteiger partial charge in [-0.1, -0.05) is 6.07 Å². The molecule has 2 N–H and O–H groups in total. The first-order valence-electron chi connectivity index (χ1n) is 7.70. The third kappa shape index (κ3) is 4.25. The summed E-state index contributed by atoms with van der Waals surface area (Å²) in [6.07, 6.45) is 2.23. The number of aryl methyl sites for hydroxylation is 1. The number of sulfonamides is 1. The molecule has 8 heteroatoms. The van der Waals surface area contributed by atoms with Gasteiger partial charge in [-0.25, -0.2) is 8.42 Å². The number of nitrogens with zero attached hydrogens (tertiary/aromatic N) is 1. The van der Waals surface area contributed by atoms with Crippen LogP contribution in [-0.2, 0) is 14.8 Å². The normalized spacial score (nSPS) is 21.4. The molecule has 2 unspecified atom stereocenters. The molecule has 132 valence electrons. The van der Waals surface area contributed by atoms with Gasteiger partial charge in [-0.05, 0) is 44.4 Å². The molecular formula is C16H22N2O5S. The predicted octanol–water partition coefficient (Wildman–Crippen LogP) is 1.69. The van der Waals surface area contributed by atoms with Crippen LogP contribution in [0, 0.1) is 12.8 Å². The van der Waals surface area contributed by atoms with E-state index in [0.29, 0.717) is 29.7 Å². The number of carbonyl (C=O) groups excluding carboxylic acids is 1. The van der Waals surface area contributed by atoms with Gasteiger partial charge in [-0.15, -0.1) is 0 Å². The lowest BCUT2D eigenvalue weighted by Crippen LogP contribution is -2.47. The molecule has 0 radical (unpaired) electrons. The monoisotopic (exact) mass is 354 g/mol. The topological polar surface area (TPSA) is 104 Å². The minimum atomic E-state index is -3.45. The van der Waals surface area contributed by atoms with Crippen LogP contribution in [0.4, 0.5) is 5.69 Å². The van der Waals surface area contributed by atoms with Crippen molar-refractivity contribution in [1.82, 2.24) is 4.90 Å². The Morgan fingerprint density at radius 2 is 1.96 bits per heavy atom. The number of likely N-dealkylation sites (tertiary alicyclic amines) is 1. The molecule has 0 saturated carbocycles. The van der Waals surface area contributed by atoms with Crippen LogP contribution in [0.5, 0.6) is 0 Å².